The lowest BCUT2D eigenvalue weighted by atomic mass is 9.93. The number of amides is 1. The quantitative estimate of drug-likeness (QED) is 0.725. The lowest BCUT2D eigenvalue weighted by Crippen LogP contribution is -2.47. The molecule has 1 aromatic rings. The smallest absolute Gasteiger partial charge is 0.252 e. The number of rotatable bonds is 4. The van der Waals surface area contributed by atoms with Gasteiger partial charge in [0, 0.05) is 16.9 Å². The average Bonchev–Trinajstić information content (AvgIpc) is 3.41. The number of methoxy groups -OCH3 is 1. The minimum absolute atomic E-state index is 0.00284. The van der Waals surface area contributed by atoms with Crippen LogP contribution in [0.25, 0.3) is 0 Å². The van der Waals surface area contributed by atoms with E-state index in [0.29, 0.717) is 17.7 Å². The monoisotopic (exact) mass is 434 g/mol. The fourth-order valence-electron chi connectivity index (χ4n) is 5.69. The molecule has 4 fully saturated rings. The highest BCUT2D eigenvalue weighted by Gasteiger charge is 2.54. The van der Waals surface area contributed by atoms with Crippen LogP contribution in [0.4, 0.5) is 0 Å². The molecule has 29 heavy (non-hydrogen) atoms. The number of amidine groups is 1. The topological polar surface area (TPSA) is 76.0 Å². The molecule has 8 heteroatoms. The van der Waals surface area contributed by atoms with Crippen LogP contribution in [0, 0.1) is 11.8 Å². The molecule has 6 nitrogen and oxygen atoms in total. The first-order valence-electron chi connectivity index (χ1n) is 10.3. The summed E-state index contributed by atoms with van der Waals surface area (Å²) in [4.78, 5) is 19.5. The molecule has 0 unspecified atom stereocenters. The van der Waals surface area contributed by atoms with Gasteiger partial charge in [-0.05, 0) is 37.2 Å². The minimum atomic E-state index is -3.01. The fraction of sp³-hybridized carbons (Fsp3) is 0.619. The summed E-state index contributed by atoms with van der Waals surface area (Å²) in [5, 5.41) is 0.740. The first kappa shape index (κ1) is 19.4. The van der Waals surface area contributed by atoms with Crippen molar-refractivity contribution in [3.05, 3.63) is 29.8 Å². The van der Waals surface area contributed by atoms with Crippen LogP contribution in [0.1, 0.15) is 31.2 Å². The van der Waals surface area contributed by atoms with E-state index in [0.717, 1.165) is 23.1 Å². The van der Waals surface area contributed by atoms with Gasteiger partial charge in [-0.25, -0.2) is 8.42 Å². The Morgan fingerprint density at radius 3 is 2.76 bits per heavy atom. The SMILES string of the molecule is COc1ccccc1CC(=O)N=C1S[C@H]2CS(=O)(=O)C[C@@H]2N1[C@@H]1C[C@@H]2CC[C@@H]1C2. The summed E-state index contributed by atoms with van der Waals surface area (Å²) in [5.41, 5.74) is 0.821. The predicted octanol–water partition coefficient (Wildman–Crippen LogP) is 2.52. The first-order valence-corrected chi connectivity index (χ1v) is 13.0. The zero-order valence-electron chi connectivity index (χ0n) is 16.5. The molecule has 0 aromatic heterocycles. The predicted molar refractivity (Wildman–Crippen MR) is 114 cm³/mol. The van der Waals surface area contributed by atoms with Crippen LogP contribution in [0.3, 0.4) is 0 Å². The Hall–Kier alpha value is -1.54. The largest absolute Gasteiger partial charge is 0.496 e. The molecule has 2 saturated carbocycles. The van der Waals surface area contributed by atoms with E-state index in [1.54, 1.807) is 7.11 Å². The minimum Gasteiger partial charge on any atom is -0.496 e. The van der Waals surface area contributed by atoms with E-state index in [1.807, 2.05) is 24.3 Å². The van der Waals surface area contributed by atoms with E-state index in [1.165, 1.54) is 31.0 Å². The van der Waals surface area contributed by atoms with Gasteiger partial charge in [-0.2, -0.15) is 4.99 Å². The fourth-order valence-corrected chi connectivity index (χ4v) is 9.68. The van der Waals surface area contributed by atoms with E-state index < -0.39 is 9.84 Å². The molecule has 156 valence electrons. The van der Waals surface area contributed by atoms with E-state index in [2.05, 4.69) is 9.89 Å². The number of sulfone groups is 1. The van der Waals surface area contributed by atoms with Crippen molar-refractivity contribution >= 4 is 32.7 Å². The summed E-state index contributed by atoms with van der Waals surface area (Å²) in [7, 11) is -1.41. The standard InChI is InChI=1S/C21H26N2O4S2/c1-27-18-5-3-2-4-15(18)10-20(24)22-21-23(16-9-13-6-7-14(16)8-13)17-11-29(25,26)12-19(17)28-21/h2-5,13-14,16-17,19H,6-12H2,1H3/t13-,14-,16-,17+,19+/m1/s1. The van der Waals surface area contributed by atoms with E-state index in [4.69, 9.17) is 4.74 Å². The van der Waals surface area contributed by atoms with Crippen LogP contribution >= 0.6 is 11.8 Å². The van der Waals surface area contributed by atoms with Gasteiger partial charge in [0.2, 0.25) is 0 Å². The molecule has 2 heterocycles. The van der Waals surface area contributed by atoms with Gasteiger partial charge in [-0.1, -0.05) is 36.4 Å². The first-order chi connectivity index (χ1) is 13.9. The zero-order valence-corrected chi connectivity index (χ0v) is 18.1. The number of thioether (sulfide) groups is 1. The van der Waals surface area contributed by atoms with Crippen molar-refractivity contribution in [2.24, 2.45) is 16.8 Å². The molecule has 2 saturated heterocycles. The van der Waals surface area contributed by atoms with Crippen LogP contribution in [0.5, 0.6) is 5.75 Å². The molecule has 1 aromatic carbocycles. The second-order valence-corrected chi connectivity index (χ2v) is 12.1. The Balaban J connectivity index is 1.41. The summed E-state index contributed by atoms with van der Waals surface area (Å²) < 4.78 is 29.8. The lowest BCUT2D eigenvalue weighted by Gasteiger charge is -2.36. The average molecular weight is 435 g/mol. The summed E-state index contributed by atoms with van der Waals surface area (Å²) in [5.74, 6) is 2.23. The Bertz CT molecular complexity index is 961. The maximum atomic E-state index is 12.8. The second kappa shape index (κ2) is 7.30. The maximum absolute atomic E-state index is 12.8. The number of hydrogen-bond donors (Lipinski definition) is 0. The summed E-state index contributed by atoms with van der Waals surface area (Å²) >= 11 is 1.50. The third kappa shape index (κ3) is 3.58. The molecule has 0 spiro atoms. The maximum Gasteiger partial charge on any atom is 0.252 e. The van der Waals surface area contributed by atoms with Crippen molar-refractivity contribution in [1.29, 1.82) is 0 Å². The summed E-state index contributed by atoms with van der Waals surface area (Å²) in [6.45, 7) is 0. The molecule has 2 bridgehead atoms. The van der Waals surface area contributed by atoms with Gasteiger partial charge >= 0.3 is 0 Å². The van der Waals surface area contributed by atoms with Crippen LogP contribution in [0.15, 0.2) is 29.3 Å². The Morgan fingerprint density at radius 2 is 2.03 bits per heavy atom. The number of carbonyl (C=O) groups excluding carboxylic acids is 1. The number of ether oxygens (including phenoxy) is 1. The third-order valence-corrected chi connectivity index (χ3v) is 10.1. The van der Waals surface area contributed by atoms with Crippen molar-refractivity contribution < 1.29 is 17.9 Å². The zero-order chi connectivity index (χ0) is 20.2. The number of carbonyl (C=O) groups is 1. The van der Waals surface area contributed by atoms with Gasteiger partial charge in [0.05, 0.1) is 31.1 Å². The van der Waals surface area contributed by atoms with Gasteiger partial charge in [0.15, 0.2) is 15.0 Å². The van der Waals surface area contributed by atoms with Gasteiger partial charge in [0.25, 0.3) is 5.91 Å². The second-order valence-electron chi connectivity index (χ2n) is 8.73. The van der Waals surface area contributed by atoms with Crippen molar-refractivity contribution in [1.82, 2.24) is 4.90 Å². The van der Waals surface area contributed by atoms with Crippen molar-refractivity contribution in [2.45, 2.75) is 49.4 Å². The Morgan fingerprint density at radius 1 is 1.21 bits per heavy atom. The highest BCUT2D eigenvalue weighted by atomic mass is 32.2. The van der Waals surface area contributed by atoms with Crippen LogP contribution in [-0.2, 0) is 21.1 Å². The Kier molecular flexibility index (Phi) is 4.89. The normalized spacial score (nSPS) is 36.0. The Labute approximate surface area is 176 Å². The van der Waals surface area contributed by atoms with E-state index in [9.17, 15) is 13.2 Å². The number of nitrogens with zero attached hydrogens (tertiary/aromatic N) is 2. The summed E-state index contributed by atoms with van der Waals surface area (Å²) in [6.07, 6.45) is 5.02. The molecule has 0 N–H and O–H groups in total. The molecular weight excluding hydrogens is 408 g/mol. The molecule has 5 atom stereocenters. The highest BCUT2D eigenvalue weighted by Crippen LogP contribution is 2.51. The molecule has 1 amide bonds. The molecular formula is C21H26N2O4S2. The molecule has 4 aliphatic rings. The number of aliphatic imine (C=N–C) groups is 1. The number of hydrogen-bond acceptors (Lipinski definition) is 5. The lowest BCUT2D eigenvalue weighted by molar-refractivity contribution is -0.117. The molecule has 0 radical (unpaired) electrons. The van der Waals surface area contributed by atoms with Gasteiger partial charge in [-0.15, -0.1) is 0 Å². The van der Waals surface area contributed by atoms with Gasteiger partial charge in [0.1, 0.15) is 5.75 Å². The van der Waals surface area contributed by atoms with Crippen LogP contribution in [0.2, 0.25) is 0 Å². The highest BCUT2D eigenvalue weighted by molar-refractivity contribution is 8.15. The number of para-hydroxylation sites is 1. The molecule has 2 aliphatic heterocycles. The third-order valence-electron chi connectivity index (χ3n) is 6.92. The molecule has 5 rings (SSSR count). The van der Waals surface area contributed by atoms with E-state index >= 15 is 0 Å². The van der Waals surface area contributed by atoms with Gasteiger partial charge < -0.3 is 9.64 Å². The van der Waals surface area contributed by atoms with Crippen molar-refractivity contribution in [3.8, 4) is 5.75 Å². The molecule has 2 aliphatic carbocycles. The van der Waals surface area contributed by atoms with E-state index in [-0.39, 0.29) is 35.1 Å². The van der Waals surface area contributed by atoms with Crippen molar-refractivity contribution in [3.63, 3.8) is 0 Å². The number of fused-ring (bicyclic) bond motifs is 3. The van der Waals surface area contributed by atoms with Crippen molar-refractivity contribution in [2.75, 3.05) is 18.6 Å². The van der Waals surface area contributed by atoms with Gasteiger partial charge in [-0.3, -0.25) is 4.79 Å². The summed E-state index contributed by atoms with van der Waals surface area (Å²) in [6, 6.07) is 7.79. The number of benzene rings is 1. The van der Waals surface area contributed by atoms with Crippen LogP contribution in [-0.4, -0.2) is 60.3 Å². The van der Waals surface area contributed by atoms with Crippen LogP contribution < -0.4 is 4.74 Å².